The highest BCUT2D eigenvalue weighted by Gasteiger charge is 2.39. The van der Waals surface area contributed by atoms with Crippen molar-refractivity contribution in [2.24, 2.45) is 0 Å². The number of ether oxygens (including phenoxy) is 1. The summed E-state index contributed by atoms with van der Waals surface area (Å²) in [6.07, 6.45) is 0. The third kappa shape index (κ3) is 2.47. The van der Waals surface area contributed by atoms with Crippen LogP contribution in [-0.4, -0.2) is 13.1 Å². The van der Waals surface area contributed by atoms with Crippen molar-refractivity contribution in [2.75, 3.05) is 7.11 Å². The fraction of sp³-hybridized carbons (Fsp3) is 0.133. The molecule has 22 heavy (non-hydrogen) atoms. The van der Waals surface area contributed by atoms with Gasteiger partial charge in [-0.15, -0.1) is 0 Å². The molecule has 1 unspecified atom stereocenters. The zero-order chi connectivity index (χ0) is 15.7. The lowest BCUT2D eigenvalue weighted by atomic mass is 9.96. The van der Waals surface area contributed by atoms with E-state index in [1.54, 1.807) is 12.1 Å². The third-order valence-electron chi connectivity index (χ3n) is 3.38. The maximum Gasteiger partial charge on any atom is 0.331 e. The van der Waals surface area contributed by atoms with Crippen LogP contribution in [0.15, 0.2) is 42.5 Å². The Hall–Kier alpha value is -2.31. The summed E-state index contributed by atoms with van der Waals surface area (Å²) in [7, 11) is 1.53. The minimum Gasteiger partial charge on any atom is -0.496 e. The quantitative estimate of drug-likeness (QED) is 0.601. The van der Waals surface area contributed by atoms with Crippen LogP contribution in [0.4, 0.5) is 9.18 Å². The predicted octanol–water partition coefficient (Wildman–Crippen LogP) is 2.67. The van der Waals surface area contributed by atoms with Crippen molar-refractivity contribution in [1.29, 1.82) is 0 Å². The van der Waals surface area contributed by atoms with Crippen molar-refractivity contribution in [3.05, 3.63) is 53.8 Å². The van der Waals surface area contributed by atoms with Crippen LogP contribution in [0.3, 0.4) is 0 Å². The van der Waals surface area contributed by atoms with Gasteiger partial charge in [0, 0.05) is 11.1 Å². The summed E-state index contributed by atoms with van der Waals surface area (Å²) < 4.78 is 19.1. The van der Waals surface area contributed by atoms with Gasteiger partial charge in [0.05, 0.1) is 7.11 Å². The Balaban J connectivity index is 2.19. The lowest BCUT2D eigenvalue weighted by Gasteiger charge is -2.24. The first kappa shape index (κ1) is 14.6. The van der Waals surface area contributed by atoms with Gasteiger partial charge in [-0.05, 0) is 23.8 Å². The molecule has 1 saturated heterocycles. The van der Waals surface area contributed by atoms with Gasteiger partial charge in [0.2, 0.25) is 5.12 Å². The van der Waals surface area contributed by atoms with E-state index in [4.69, 9.17) is 16.3 Å². The van der Waals surface area contributed by atoms with Crippen LogP contribution in [0.2, 0.25) is 0 Å². The number of nitrogens with one attached hydrogen (secondary N) is 3. The molecular formula is C15H13ClFN3O2. The monoisotopic (exact) mass is 321 g/mol. The number of urea groups is 1. The minimum absolute atomic E-state index is 0.415. The number of hydrogen-bond acceptors (Lipinski definition) is 3. The van der Waals surface area contributed by atoms with Gasteiger partial charge >= 0.3 is 6.03 Å². The standard InChI is InChI=1S/C15H13ClFN3O2/c1-22-13-5-3-2-4-10(13)11-8-9(17)6-7-12(11)15(16)18-14(21)19-20-15/h2-8,20H,1H3,(H2,18,19,21). The van der Waals surface area contributed by atoms with Crippen LogP contribution in [0.25, 0.3) is 11.1 Å². The molecule has 1 atom stereocenters. The van der Waals surface area contributed by atoms with E-state index < -0.39 is 17.0 Å². The fourth-order valence-corrected chi connectivity index (χ4v) is 2.70. The lowest BCUT2D eigenvalue weighted by Crippen LogP contribution is -2.42. The first-order valence-corrected chi connectivity index (χ1v) is 6.89. The van der Waals surface area contributed by atoms with Crippen LogP contribution in [0.5, 0.6) is 5.75 Å². The summed E-state index contributed by atoms with van der Waals surface area (Å²) in [5.41, 5.74) is 6.72. The summed E-state index contributed by atoms with van der Waals surface area (Å²) in [4.78, 5) is 11.4. The van der Waals surface area contributed by atoms with Gasteiger partial charge in [-0.1, -0.05) is 35.9 Å². The predicted molar refractivity (Wildman–Crippen MR) is 80.7 cm³/mol. The molecule has 114 valence electrons. The van der Waals surface area contributed by atoms with Gasteiger partial charge in [-0.2, -0.15) is 5.43 Å². The number of benzene rings is 2. The Morgan fingerprint density at radius 2 is 1.95 bits per heavy atom. The average Bonchev–Trinajstić information content (AvgIpc) is 2.87. The van der Waals surface area contributed by atoms with Gasteiger partial charge in [-0.3, -0.25) is 5.43 Å². The zero-order valence-corrected chi connectivity index (χ0v) is 12.4. The Morgan fingerprint density at radius 3 is 2.64 bits per heavy atom. The highest BCUT2D eigenvalue weighted by Crippen LogP contribution is 2.38. The molecule has 0 radical (unpaired) electrons. The molecule has 1 aliphatic heterocycles. The number of halogens is 2. The Labute approximate surface area is 131 Å². The second-order valence-corrected chi connectivity index (χ2v) is 5.32. The van der Waals surface area contributed by atoms with Crippen LogP contribution in [0.1, 0.15) is 5.56 Å². The molecule has 7 heteroatoms. The maximum atomic E-state index is 13.7. The number of hydrogen-bond donors (Lipinski definition) is 3. The number of carbonyl (C=O) groups excluding carboxylic acids is 1. The number of para-hydroxylation sites is 1. The van der Waals surface area contributed by atoms with E-state index in [9.17, 15) is 9.18 Å². The molecule has 0 aliphatic carbocycles. The molecule has 0 spiro atoms. The van der Waals surface area contributed by atoms with Crippen molar-refractivity contribution in [3.63, 3.8) is 0 Å². The number of hydrazine groups is 1. The van der Waals surface area contributed by atoms with Crippen LogP contribution in [0, 0.1) is 5.82 Å². The Morgan fingerprint density at radius 1 is 1.18 bits per heavy atom. The molecule has 5 nitrogen and oxygen atoms in total. The second-order valence-electron chi connectivity index (χ2n) is 4.75. The summed E-state index contributed by atoms with van der Waals surface area (Å²) in [5.74, 6) is 0.161. The molecule has 2 amide bonds. The van der Waals surface area contributed by atoms with E-state index >= 15 is 0 Å². The van der Waals surface area contributed by atoms with E-state index in [2.05, 4.69) is 16.2 Å². The van der Waals surface area contributed by atoms with Gasteiger partial charge in [0.25, 0.3) is 0 Å². The molecule has 3 N–H and O–H groups in total. The number of carbonyl (C=O) groups is 1. The molecule has 3 rings (SSSR count). The molecule has 0 saturated carbocycles. The summed E-state index contributed by atoms with van der Waals surface area (Å²) >= 11 is 6.43. The molecule has 0 aromatic heterocycles. The molecule has 1 fully saturated rings. The summed E-state index contributed by atoms with van der Waals surface area (Å²) in [5, 5.41) is 1.18. The number of methoxy groups -OCH3 is 1. The Bertz CT molecular complexity index is 740. The topological polar surface area (TPSA) is 62.4 Å². The normalized spacial score (nSPS) is 20.4. The van der Waals surface area contributed by atoms with Crippen molar-refractivity contribution in [1.82, 2.24) is 16.2 Å². The smallest absolute Gasteiger partial charge is 0.331 e. The first-order chi connectivity index (χ1) is 10.5. The van der Waals surface area contributed by atoms with Crippen molar-refractivity contribution in [2.45, 2.75) is 5.12 Å². The molecule has 2 aromatic rings. The van der Waals surface area contributed by atoms with Crippen molar-refractivity contribution in [3.8, 4) is 16.9 Å². The largest absolute Gasteiger partial charge is 0.496 e. The first-order valence-electron chi connectivity index (χ1n) is 6.51. The molecule has 2 aromatic carbocycles. The fourth-order valence-electron chi connectivity index (χ4n) is 2.40. The third-order valence-corrected chi connectivity index (χ3v) is 3.78. The van der Waals surface area contributed by atoms with E-state index in [0.29, 0.717) is 22.4 Å². The van der Waals surface area contributed by atoms with Crippen molar-refractivity contribution >= 4 is 17.6 Å². The summed E-state index contributed by atoms with van der Waals surface area (Å²) in [6, 6.07) is 10.9. The maximum absolute atomic E-state index is 13.7. The van der Waals surface area contributed by atoms with Gasteiger partial charge in [0.15, 0.2) is 0 Å². The van der Waals surface area contributed by atoms with E-state index in [-0.39, 0.29) is 0 Å². The van der Waals surface area contributed by atoms with E-state index in [0.717, 1.165) is 0 Å². The highest BCUT2D eigenvalue weighted by atomic mass is 35.5. The SMILES string of the molecule is COc1ccccc1-c1cc(F)ccc1C1(Cl)NNC(=O)N1. The average molecular weight is 322 g/mol. The van der Waals surface area contributed by atoms with E-state index in [1.807, 2.05) is 12.1 Å². The number of amides is 2. The molecule has 1 aliphatic rings. The minimum atomic E-state index is -1.37. The Kier molecular flexibility index (Phi) is 3.64. The second kappa shape index (κ2) is 5.47. The van der Waals surface area contributed by atoms with Gasteiger partial charge in [0.1, 0.15) is 11.6 Å². The molecular weight excluding hydrogens is 309 g/mol. The number of rotatable bonds is 3. The van der Waals surface area contributed by atoms with Gasteiger partial charge < -0.3 is 10.1 Å². The van der Waals surface area contributed by atoms with Crippen LogP contribution in [-0.2, 0) is 5.12 Å². The van der Waals surface area contributed by atoms with E-state index in [1.165, 1.54) is 25.3 Å². The number of alkyl halides is 1. The van der Waals surface area contributed by atoms with Crippen LogP contribution >= 0.6 is 11.6 Å². The highest BCUT2D eigenvalue weighted by molar-refractivity contribution is 6.25. The zero-order valence-electron chi connectivity index (χ0n) is 11.6. The summed E-state index contributed by atoms with van der Waals surface area (Å²) in [6.45, 7) is 0. The lowest BCUT2D eigenvalue weighted by molar-refractivity contribution is 0.246. The van der Waals surface area contributed by atoms with Gasteiger partial charge in [-0.25, -0.2) is 9.18 Å². The van der Waals surface area contributed by atoms with Crippen molar-refractivity contribution < 1.29 is 13.9 Å². The molecule has 1 heterocycles. The van der Waals surface area contributed by atoms with Crippen LogP contribution < -0.4 is 20.9 Å². The molecule has 0 bridgehead atoms.